The molecule has 5 aromatic carbocycles. The molecule has 0 bridgehead atoms. The van der Waals surface area contributed by atoms with Gasteiger partial charge in [0.2, 0.25) is 0 Å². The fraction of sp³-hybridized carbons (Fsp3) is 0.0930. The van der Waals surface area contributed by atoms with E-state index in [1.807, 2.05) is 34.3 Å². The summed E-state index contributed by atoms with van der Waals surface area (Å²) in [5.41, 5.74) is 3.91. The number of hydrogen-bond donors (Lipinski definition) is 0. The second-order valence-corrected chi connectivity index (χ2v) is 12.5. The highest BCUT2D eigenvalue weighted by atomic mass is 19.4. The van der Waals surface area contributed by atoms with Gasteiger partial charge in [-0.1, -0.05) is 42.5 Å². The topological polar surface area (TPSA) is 70.3 Å². The van der Waals surface area contributed by atoms with Crippen molar-refractivity contribution in [1.29, 1.82) is 10.5 Å². The van der Waals surface area contributed by atoms with Crippen LogP contribution in [0.5, 0.6) is 0 Å². The number of alkyl halides is 6. The molecule has 0 radical (unpaired) electrons. The van der Waals surface area contributed by atoms with Crippen molar-refractivity contribution >= 4 is 43.6 Å². The van der Waals surface area contributed by atoms with Crippen molar-refractivity contribution in [2.75, 3.05) is 0 Å². The normalized spacial score (nSPS) is 12.1. The van der Waals surface area contributed by atoms with Crippen LogP contribution in [0.25, 0.3) is 66.2 Å². The van der Waals surface area contributed by atoms with Crippen molar-refractivity contribution < 1.29 is 26.3 Å². The predicted octanol–water partition coefficient (Wildman–Crippen LogP) is 12.3. The summed E-state index contributed by atoms with van der Waals surface area (Å²) in [6, 6.07) is 34.2. The van der Waals surface area contributed by atoms with Crippen LogP contribution in [0.3, 0.4) is 0 Å². The van der Waals surface area contributed by atoms with E-state index in [-0.39, 0.29) is 0 Å². The highest BCUT2D eigenvalue weighted by molar-refractivity contribution is 6.11. The molecule has 54 heavy (non-hydrogen) atoms. The molecule has 11 heteroatoms. The fourth-order valence-corrected chi connectivity index (χ4v) is 6.66. The Morgan fingerprint density at radius 2 is 1.13 bits per heavy atom. The standard InChI is InChI=1S/C38H20F6N4.C5H7N/c39-37(40,41)23-12-15-32-27(19-23)25-6-1-3-8-30(25)47(32)34-14-11-22(21-45)18-29(34)36-35(10-5-17-46-36)48-31-9-4-2-7-26(31)28-20-24(38(42,43)44)13-16-33(28)48;1-3-5(2)4-6/h1-20H;3H,1-2H3/b;5-3+. The molecule has 0 spiro atoms. The number of para-hydroxylation sites is 2. The first-order valence-corrected chi connectivity index (χ1v) is 16.6. The van der Waals surface area contributed by atoms with Crippen LogP contribution in [0.15, 0.2) is 133 Å². The SMILES string of the molecule is C/C=C(\C)C#N.N#Cc1ccc(-n2c3ccccc3c3cc(C(F)(F)F)ccc32)c(-c2ncccc2-n2c3ccccc3c3cc(C(F)(F)F)ccc32)c1. The van der Waals surface area contributed by atoms with E-state index in [1.54, 1.807) is 85.9 Å². The Bertz CT molecular complexity index is 2860. The van der Waals surface area contributed by atoms with Gasteiger partial charge in [-0.05, 0) is 92.7 Å². The Morgan fingerprint density at radius 3 is 1.61 bits per heavy atom. The highest BCUT2D eigenvalue weighted by Gasteiger charge is 2.32. The van der Waals surface area contributed by atoms with Gasteiger partial charge in [0.05, 0.1) is 68.0 Å². The van der Waals surface area contributed by atoms with E-state index in [9.17, 15) is 31.6 Å². The van der Waals surface area contributed by atoms with Crippen LogP contribution in [0.1, 0.15) is 30.5 Å². The fourth-order valence-electron chi connectivity index (χ4n) is 6.66. The van der Waals surface area contributed by atoms with Crippen LogP contribution in [-0.2, 0) is 12.4 Å². The van der Waals surface area contributed by atoms with Gasteiger partial charge in [0.25, 0.3) is 0 Å². The first-order chi connectivity index (χ1) is 25.8. The number of pyridine rings is 1. The Hall–Kier alpha value is -6.85. The van der Waals surface area contributed by atoms with Gasteiger partial charge in [-0.2, -0.15) is 36.9 Å². The lowest BCUT2D eigenvalue weighted by atomic mass is 10.0. The molecule has 0 amide bonds. The number of benzene rings is 5. The number of halogens is 6. The summed E-state index contributed by atoms with van der Waals surface area (Å²) in [6.45, 7) is 3.62. The molecular weight excluding hydrogens is 700 g/mol. The Balaban J connectivity index is 0.000000695. The average Bonchev–Trinajstić information content (AvgIpc) is 3.69. The maximum atomic E-state index is 13.8. The van der Waals surface area contributed by atoms with Crippen LogP contribution in [0.2, 0.25) is 0 Å². The van der Waals surface area contributed by atoms with Gasteiger partial charge in [0.1, 0.15) is 0 Å². The molecule has 8 rings (SSSR count). The van der Waals surface area contributed by atoms with Gasteiger partial charge in [-0.25, -0.2) is 0 Å². The van der Waals surface area contributed by atoms with Gasteiger partial charge in [0, 0.05) is 38.9 Å². The van der Waals surface area contributed by atoms with Gasteiger partial charge >= 0.3 is 12.4 Å². The van der Waals surface area contributed by atoms with E-state index in [2.05, 4.69) is 6.07 Å². The van der Waals surface area contributed by atoms with Crippen LogP contribution < -0.4 is 0 Å². The van der Waals surface area contributed by atoms with E-state index in [1.165, 1.54) is 12.1 Å². The Morgan fingerprint density at radius 1 is 0.611 bits per heavy atom. The molecule has 3 aromatic heterocycles. The van der Waals surface area contributed by atoms with Crippen molar-refractivity contribution in [2.45, 2.75) is 26.2 Å². The summed E-state index contributed by atoms with van der Waals surface area (Å²) in [5.74, 6) is 0. The summed E-state index contributed by atoms with van der Waals surface area (Å²) in [4.78, 5) is 4.76. The molecule has 0 N–H and O–H groups in total. The first-order valence-electron chi connectivity index (χ1n) is 16.6. The van der Waals surface area contributed by atoms with Crippen LogP contribution >= 0.6 is 0 Å². The lowest BCUT2D eigenvalue weighted by molar-refractivity contribution is -0.138. The number of aromatic nitrogens is 3. The quantitative estimate of drug-likeness (QED) is 0.134. The summed E-state index contributed by atoms with van der Waals surface area (Å²) in [6.07, 6.45) is -5.71. The van der Waals surface area contributed by atoms with Crippen molar-refractivity contribution in [3.05, 3.63) is 150 Å². The summed E-state index contributed by atoms with van der Waals surface area (Å²) in [7, 11) is 0. The molecule has 0 aliphatic heterocycles. The van der Waals surface area contributed by atoms with Crippen LogP contribution in [0.4, 0.5) is 26.3 Å². The first kappa shape index (κ1) is 35.5. The summed E-state index contributed by atoms with van der Waals surface area (Å²) >= 11 is 0. The molecule has 0 atom stereocenters. The molecule has 0 saturated carbocycles. The van der Waals surface area contributed by atoms with Crippen LogP contribution in [0, 0.1) is 22.7 Å². The number of nitriles is 2. The highest BCUT2D eigenvalue weighted by Crippen LogP contribution is 2.42. The minimum absolute atomic E-state index is 0.322. The molecule has 0 aliphatic carbocycles. The van der Waals surface area contributed by atoms with Gasteiger partial charge in [-0.3, -0.25) is 4.98 Å². The Kier molecular flexibility index (Phi) is 8.96. The van der Waals surface area contributed by atoms with E-state index >= 15 is 0 Å². The van der Waals surface area contributed by atoms with Crippen LogP contribution in [-0.4, -0.2) is 14.1 Å². The molecule has 8 aromatic rings. The van der Waals surface area contributed by atoms with E-state index < -0.39 is 23.5 Å². The number of fused-ring (bicyclic) bond motifs is 6. The molecule has 0 saturated heterocycles. The number of allylic oxidation sites excluding steroid dienone is 2. The Labute approximate surface area is 304 Å². The third kappa shape index (κ3) is 6.20. The number of hydrogen-bond acceptors (Lipinski definition) is 3. The predicted molar refractivity (Wildman–Crippen MR) is 198 cm³/mol. The second kappa shape index (κ2) is 13.6. The second-order valence-electron chi connectivity index (χ2n) is 12.5. The zero-order valence-electron chi connectivity index (χ0n) is 28.6. The third-order valence-corrected chi connectivity index (χ3v) is 9.26. The van der Waals surface area contributed by atoms with Crippen molar-refractivity contribution in [3.8, 4) is 34.8 Å². The summed E-state index contributed by atoms with van der Waals surface area (Å²) < 4.78 is 86.4. The number of rotatable bonds is 3. The maximum absolute atomic E-state index is 13.8. The number of nitrogens with zero attached hydrogens (tertiary/aromatic N) is 5. The molecular formula is C43H27F6N5. The molecule has 266 valence electrons. The van der Waals surface area contributed by atoms with E-state index in [0.717, 1.165) is 29.8 Å². The minimum atomic E-state index is -4.54. The zero-order valence-corrected chi connectivity index (χ0v) is 28.6. The smallest absolute Gasteiger partial charge is 0.309 e. The zero-order chi connectivity index (χ0) is 38.4. The monoisotopic (exact) mass is 727 g/mol. The van der Waals surface area contributed by atoms with Gasteiger partial charge in [0.15, 0.2) is 0 Å². The molecule has 3 heterocycles. The van der Waals surface area contributed by atoms with Crippen molar-refractivity contribution in [2.24, 2.45) is 0 Å². The van der Waals surface area contributed by atoms with Gasteiger partial charge in [-0.15, -0.1) is 0 Å². The average molecular weight is 728 g/mol. The third-order valence-electron chi connectivity index (χ3n) is 9.26. The lowest BCUT2D eigenvalue weighted by Gasteiger charge is -2.18. The van der Waals surface area contributed by atoms with Crippen molar-refractivity contribution in [1.82, 2.24) is 14.1 Å². The molecule has 0 aliphatic rings. The van der Waals surface area contributed by atoms with E-state index in [4.69, 9.17) is 10.2 Å². The lowest BCUT2D eigenvalue weighted by Crippen LogP contribution is -2.05. The van der Waals surface area contributed by atoms with Gasteiger partial charge < -0.3 is 9.13 Å². The largest absolute Gasteiger partial charge is 0.416 e. The minimum Gasteiger partial charge on any atom is -0.309 e. The molecule has 5 nitrogen and oxygen atoms in total. The summed E-state index contributed by atoms with van der Waals surface area (Å²) in [5, 5.41) is 20.0. The van der Waals surface area contributed by atoms with E-state index in [0.29, 0.717) is 71.8 Å². The molecule has 0 unspecified atom stereocenters. The van der Waals surface area contributed by atoms with Crippen molar-refractivity contribution in [3.63, 3.8) is 0 Å². The maximum Gasteiger partial charge on any atom is 0.416 e. The molecule has 0 fully saturated rings.